The zero-order chi connectivity index (χ0) is 11.6. The lowest BCUT2D eigenvalue weighted by atomic mass is 10.1. The van der Waals surface area contributed by atoms with Gasteiger partial charge in [-0.1, -0.05) is 0 Å². The second-order valence-corrected chi connectivity index (χ2v) is 3.14. The molecule has 0 aliphatic heterocycles. The van der Waals surface area contributed by atoms with Crippen LogP contribution in [0.3, 0.4) is 0 Å². The second-order valence-electron chi connectivity index (χ2n) is 2.39. The lowest BCUT2D eigenvalue weighted by Crippen LogP contribution is -2.01. The predicted octanol–water partition coefficient (Wildman–Crippen LogP) is 2.56. The molecule has 0 aromatic carbocycles. The molecule has 15 heavy (non-hydrogen) atoms. The molecule has 0 aliphatic rings. The van der Waals surface area contributed by atoms with E-state index in [1.165, 1.54) is 6.07 Å². The van der Waals surface area contributed by atoms with Gasteiger partial charge in [0.2, 0.25) is 0 Å². The number of rotatable bonds is 2. The first kappa shape index (κ1) is 11.5. The molecule has 78 valence electrons. The molecule has 1 aromatic rings. The van der Waals surface area contributed by atoms with Crippen molar-refractivity contribution < 1.29 is 13.7 Å². The predicted molar refractivity (Wildman–Crippen MR) is 48.3 cm³/mol. The molecule has 0 bridgehead atoms. The summed E-state index contributed by atoms with van der Waals surface area (Å²) in [5, 5.41) is 19.0. The number of aromatic nitrogens is 1. The summed E-state index contributed by atoms with van der Waals surface area (Å²) < 4.78 is 24.9. The molecule has 8 heteroatoms. The normalized spacial score (nSPS) is 10.1. The van der Waals surface area contributed by atoms with Crippen LogP contribution in [-0.4, -0.2) is 9.91 Å². The van der Waals surface area contributed by atoms with Crippen LogP contribution in [0.25, 0.3) is 0 Å². The van der Waals surface area contributed by atoms with Crippen LogP contribution in [0.4, 0.5) is 14.5 Å². The largest absolute Gasteiger partial charge is 0.297 e. The van der Waals surface area contributed by atoms with E-state index in [4.69, 9.17) is 5.26 Å². The summed E-state index contributed by atoms with van der Waals surface area (Å²) in [6.07, 6.45) is -2.41. The Hall–Kier alpha value is -1.62. The highest BCUT2D eigenvalue weighted by atomic mass is 79.9. The van der Waals surface area contributed by atoms with Gasteiger partial charge in [-0.05, 0) is 15.9 Å². The van der Waals surface area contributed by atoms with Crippen LogP contribution >= 0.6 is 15.9 Å². The molecule has 0 fully saturated rings. The van der Waals surface area contributed by atoms with Gasteiger partial charge in [0, 0.05) is 0 Å². The molecule has 0 unspecified atom stereocenters. The highest BCUT2D eigenvalue weighted by Gasteiger charge is 2.28. The van der Waals surface area contributed by atoms with Gasteiger partial charge in [-0.15, -0.1) is 0 Å². The van der Waals surface area contributed by atoms with Crippen LogP contribution < -0.4 is 0 Å². The van der Waals surface area contributed by atoms with Crippen LogP contribution in [-0.2, 0) is 0 Å². The van der Waals surface area contributed by atoms with Crippen molar-refractivity contribution in [2.24, 2.45) is 0 Å². The molecule has 0 N–H and O–H groups in total. The fourth-order valence-electron chi connectivity index (χ4n) is 0.964. The zero-order valence-electron chi connectivity index (χ0n) is 6.95. The first-order valence-corrected chi connectivity index (χ1v) is 4.29. The highest BCUT2D eigenvalue weighted by Crippen LogP contribution is 2.33. The Morgan fingerprint density at radius 1 is 1.67 bits per heavy atom. The summed E-state index contributed by atoms with van der Waals surface area (Å²) in [5.74, 6) is 0. The standard InChI is InChI=1S/C7H2BrF2N3O2/c8-6-3(1-11)5(7(9)10)4(2-12-6)13(14)15/h2,7H. The minimum absolute atomic E-state index is 0.133. The van der Waals surface area contributed by atoms with Gasteiger partial charge in [0.05, 0.1) is 4.92 Å². The van der Waals surface area contributed by atoms with Crippen molar-refractivity contribution in [3.63, 3.8) is 0 Å². The summed E-state index contributed by atoms with van der Waals surface area (Å²) in [6.45, 7) is 0. The van der Waals surface area contributed by atoms with Crippen molar-refractivity contribution in [2.75, 3.05) is 0 Å². The third-order valence-corrected chi connectivity index (χ3v) is 2.18. The van der Waals surface area contributed by atoms with Gasteiger partial charge in [-0.3, -0.25) is 10.1 Å². The number of nitrogens with zero attached hydrogens (tertiary/aromatic N) is 3. The number of hydrogen-bond donors (Lipinski definition) is 0. The van der Waals surface area contributed by atoms with Crippen molar-refractivity contribution >= 4 is 21.6 Å². The number of pyridine rings is 1. The summed E-state index contributed by atoms with van der Waals surface area (Å²) in [4.78, 5) is 12.8. The fraction of sp³-hybridized carbons (Fsp3) is 0.143. The maximum absolute atomic E-state index is 12.5. The molecular formula is C7H2BrF2N3O2. The quantitative estimate of drug-likeness (QED) is 0.473. The molecule has 0 radical (unpaired) electrons. The molecule has 0 aliphatic carbocycles. The zero-order valence-corrected chi connectivity index (χ0v) is 8.53. The molecule has 0 amide bonds. The Labute approximate surface area is 90.6 Å². The smallest absolute Gasteiger partial charge is 0.258 e. The topological polar surface area (TPSA) is 79.8 Å². The van der Waals surface area contributed by atoms with Crippen LogP contribution in [0.5, 0.6) is 0 Å². The van der Waals surface area contributed by atoms with E-state index in [0.29, 0.717) is 6.20 Å². The van der Waals surface area contributed by atoms with E-state index >= 15 is 0 Å². The van der Waals surface area contributed by atoms with Gasteiger partial charge >= 0.3 is 0 Å². The Morgan fingerprint density at radius 3 is 2.67 bits per heavy atom. The van der Waals surface area contributed by atoms with E-state index in [1.54, 1.807) is 0 Å². The SMILES string of the molecule is N#Cc1c(Br)ncc([N+](=O)[O-])c1C(F)F. The summed E-state index contributed by atoms with van der Waals surface area (Å²) >= 11 is 2.77. The monoisotopic (exact) mass is 277 g/mol. The fourth-order valence-corrected chi connectivity index (χ4v) is 1.37. The number of nitro groups is 1. The molecule has 0 saturated heterocycles. The average molecular weight is 278 g/mol. The summed E-state index contributed by atoms with van der Waals surface area (Å²) in [7, 11) is 0. The van der Waals surface area contributed by atoms with Gasteiger partial charge in [0.1, 0.15) is 28.0 Å². The average Bonchev–Trinajstić information content (AvgIpc) is 2.16. The van der Waals surface area contributed by atoms with Gasteiger partial charge in [-0.25, -0.2) is 13.8 Å². The van der Waals surface area contributed by atoms with E-state index in [9.17, 15) is 18.9 Å². The lowest BCUT2D eigenvalue weighted by molar-refractivity contribution is -0.386. The number of hydrogen-bond acceptors (Lipinski definition) is 4. The molecule has 0 atom stereocenters. The van der Waals surface area contributed by atoms with Crippen molar-refractivity contribution in [2.45, 2.75) is 6.43 Å². The number of halogens is 3. The third kappa shape index (κ3) is 2.07. The lowest BCUT2D eigenvalue weighted by Gasteiger charge is -2.04. The molecule has 1 aromatic heterocycles. The van der Waals surface area contributed by atoms with E-state index in [2.05, 4.69) is 20.9 Å². The van der Waals surface area contributed by atoms with Gasteiger partial charge < -0.3 is 0 Å². The van der Waals surface area contributed by atoms with Crippen LogP contribution in [0, 0.1) is 21.4 Å². The number of nitriles is 1. The van der Waals surface area contributed by atoms with E-state index in [0.717, 1.165) is 0 Å². The molecule has 0 saturated carbocycles. The summed E-state index contributed by atoms with van der Waals surface area (Å²) in [6, 6.07) is 1.45. The van der Waals surface area contributed by atoms with Crippen molar-refractivity contribution in [1.29, 1.82) is 5.26 Å². The van der Waals surface area contributed by atoms with E-state index in [-0.39, 0.29) is 4.60 Å². The third-order valence-electron chi connectivity index (χ3n) is 1.58. The minimum Gasteiger partial charge on any atom is -0.258 e. The van der Waals surface area contributed by atoms with Gasteiger partial charge in [0.25, 0.3) is 12.1 Å². The Morgan fingerprint density at radius 2 is 2.27 bits per heavy atom. The second kappa shape index (κ2) is 4.27. The van der Waals surface area contributed by atoms with Crippen LogP contribution in [0.2, 0.25) is 0 Å². The first-order chi connectivity index (χ1) is 6.99. The molecule has 5 nitrogen and oxygen atoms in total. The maximum Gasteiger partial charge on any atom is 0.297 e. The molecular weight excluding hydrogens is 276 g/mol. The molecule has 0 spiro atoms. The minimum atomic E-state index is -3.10. The van der Waals surface area contributed by atoms with Gasteiger partial charge in [0.15, 0.2) is 0 Å². The van der Waals surface area contributed by atoms with Crippen molar-refractivity contribution in [3.05, 3.63) is 32.0 Å². The van der Waals surface area contributed by atoms with E-state index < -0.39 is 28.2 Å². The Balaban J connectivity index is 3.58. The first-order valence-electron chi connectivity index (χ1n) is 3.50. The summed E-state index contributed by atoms with van der Waals surface area (Å²) in [5.41, 5.74) is -2.28. The van der Waals surface area contributed by atoms with E-state index in [1.807, 2.05) is 0 Å². The van der Waals surface area contributed by atoms with Crippen molar-refractivity contribution in [1.82, 2.24) is 4.98 Å². The molecule has 1 rings (SSSR count). The van der Waals surface area contributed by atoms with Crippen LogP contribution in [0.15, 0.2) is 10.8 Å². The van der Waals surface area contributed by atoms with Crippen LogP contribution in [0.1, 0.15) is 17.6 Å². The molecule has 1 heterocycles. The Bertz CT molecular complexity index is 458. The van der Waals surface area contributed by atoms with Gasteiger partial charge in [-0.2, -0.15) is 5.26 Å². The number of alkyl halides is 2. The van der Waals surface area contributed by atoms with Crippen molar-refractivity contribution in [3.8, 4) is 6.07 Å². The Kier molecular flexibility index (Phi) is 3.26. The highest BCUT2D eigenvalue weighted by molar-refractivity contribution is 9.10. The maximum atomic E-state index is 12.5.